The van der Waals surface area contributed by atoms with Crippen molar-refractivity contribution in [1.29, 1.82) is 0 Å². The number of carboxylic acids is 1. The molecule has 4 heteroatoms. The van der Waals surface area contributed by atoms with Gasteiger partial charge in [-0.1, -0.05) is 41.5 Å². The van der Waals surface area contributed by atoms with Crippen molar-refractivity contribution in [2.75, 3.05) is 0 Å². The number of hydrogen-bond donors (Lipinski definition) is 1. The van der Waals surface area contributed by atoms with E-state index in [0.717, 1.165) is 0 Å². The van der Waals surface area contributed by atoms with E-state index < -0.39 is 5.97 Å². The van der Waals surface area contributed by atoms with Gasteiger partial charge in [0.1, 0.15) is 0 Å². The first-order valence-electron chi connectivity index (χ1n) is 6.04. The molecule has 1 aromatic carbocycles. The largest absolute Gasteiger partial charge is 1.00 e. The summed E-state index contributed by atoms with van der Waals surface area (Å²) >= 11 is 0. The zero-order chi connectivity index (χ0) is 14.3. The second-order valence-electron chi connectivity index (χ2n) is 6.71. The van der Waals surface area contributed by atoms with Crippen molar-refractivity contribution < 1.29 is 66.4 Å². The topological polar surface area (TPSA) is 60.4 Å². The number of rotatable bonds is 1. The standard InChI is InChI=1S/C15H22O3.K/c1-14(2,3)10-7-9(13(17)18)8-11(12(10)16)15(4,5)6;/h7-8,16H,1-6H3,(H,17,18);/q;+1/p-1. The maximum absolute atomic E-state index is 12.4. The summed E-state index contributed by atoms with van der Waals surface area (Å²) in [4.78, 5) is 11.2. The van der Waals surface area contributed by atoms with Crippen LogP contribution in [0.5, 0.6) is 5.75 Å². The molecule has 0 atom stereocenters. The number of carbonyl (C=O) groups is 1. The van der Waals surface area contributed by atoms with Crippen LogP contribution in [0.15, 0.2) is 12.1 Å². The molecule has 0 aromatic heterocycles. The van der Waals surface area contributed by atoms with Crippen molar-refractivity contribution >= 4 is 5.97 Å². The summed E-state index contributed by atoms with van der Waals surface area (Å²) in [6.45, 7) is 11.5. The Morgan fingerprint density at radius 3 is 1.53 bits per heavy atom. The second-order valence-corrected chi connectivity index (χ2v) is 6.71. The van der Waals surface area contributed by atoms with Gasteiger partial charge in [0.05, 0.1) is 5.56 Å². The molecule has 0 bridgehead atoms. The van der Waals surface area contributed by atoms with E-state index in [0.29, 0.717) is 11.1 Å². The van der Waals surface area contributed by atoms with Crippen molar-refractivity contribution in [2.45, 2.75) is 52.4 Å². The summed E-state index contributed by atoms with van der Waals surface area (Å²) in [5, 5.41) is 21.6. The van der Waals surface area contributed by atoms with Crippen LogP contribution in [0.4, 0.5) is 0 Å². The smallest absolute Gasteiger partial charge is 0.872 e. The van der Waals surface area contributed by atoms with E-state index in [-0.39, 0.29) is 73.5 Å². The predicted octanol–water partition coefficient (Wildman–Crippen LogP) is 0.0574. The zero-order valence-corrected chi connectivity index (χ0v) is 16.0. The van der Waals surface area contributed by atoms with Crippen LogP contribution >= 0.6 is 0 Å². The number of benzene rings is 1. The molecule has 0 spiro atoms. The van der Waals surface area contributed by atoms with Gasteiger partial charge < -0.3 is 10.2 Å². The van der Waals surface area contributed by atoms with E-state index >= 15 is 0 Å². The van der Waals surface area contributed by atoms with Gasteiger partial charge in [-0.2, -0.15) is 0 Å². The summed E-state index contributed by atoms with van der Waals surface area (Å²) in [6.07, 6.45) is 0. The quantitative estimate of drug-likeness (QED) is 0.743. The van der Waals surface area contributed by atoms with E-state index in [1.54, 1.807) is 0 Å². The molecule has 100 valence electrons. The molecule has 1 rings (SSSR count). The molecule has 0 heterocycles. The molecule has 0 unspecified atom stereocenters. The normalized spacial score (nSPS) is 11.9. The zero-order valence-electron chi connectivity index (χ0n) is 12.9. The summed E-state index contributed by atoms with van der Waals surface area (Å²) in [6, 6.07) is 3.00. The summed E-state index contributed by atoms with van der Waals surface area (Å²) in [7, 11) is 0. The first-order valence-corrected chi connectivity index (χ1v) is 6.04. The molecular formula is C15H21KO3. The van der Waals surface area contributed by atoms with Gasteiger partial charge in [0.15, 0.2) is 0 Å². The van der Waals surface area contributed by atoms with Gasteiger partial charge in [0, 0.05) is 0 Å². The molecule has 1 N–H and O–H groups in total. The fourth-order valence-corrected chi connectivity index (χ4v) is 1.87. The Morgan fingerprint density at radius 1 is 1.00 bits per heavy atom. The average Bonchev–Trinajstić information content (AvgIpc) is 2.13. The Kier molecular flexibility index (Phi) is 6.31. The second kappa shape index (κ2) is 6.27. The van der Waals surface area contributed by atoms with Gasteiger partial charge >= 0.3 is 57.4 Å². The van der Waals surface area contributed by atoms with E-state index in [4.69, 9.17) is 5.11 Å². The minimum Gasteiger partial charge on any atom is -0.872 e. The number of aromatic carboxylic acids is 1. The molecule has 19 heavy (non-hydrogen) atoms. The van der Waals surface area contributed by atoms with Crippen LogP contribution in [0.2, 0.25) is 0 Å². The van der Waals surface area contributed by atoms with Crippen LogP contribution in [-0.2, 0) is 10.8 Å². The third-order valence-corrected chi connectivity index (χ3v) is 2.95. The van der Waals surface area contributed by atoms with Crippen molar-refractivity contribution in [3.05, 3.63) is 28.8 Å². The monoisotopic (exact) mass is 288 g/mol. The van der Waals surface area contributed by atoms with Crippen molar-refractivity contribution in [2.24, 2.45) is 0 Å². The first kappa shape index (κ1) is 19.1. The maximum Gasteiger partial charge on any atom is 1.00 e. The fraction of sp³-hybridized carbons (Fsp3) is 0.533. The molecule has 0 saturated carbocycles. The maximum atomic E-state index is 12.4. The molecule has 0 aliphatic carbocycles. The number of carboxylic acid groups (broad SMARTS) is 1. The Hall–Kier alpha value is 0.126. The molecule has 3 nitrogen and oxygen atoms in total. The van der Waals surface area contributed by atoms with E-state index in [1.807, 2.05) is 41.5 Å². The first-order chi connectivity index (χ1) is 7.94. The third kappa shape index (κ3) is 4.57. The number of hydrogen-bond acceptors (Lipinski definition) is 2. The average molecular weight is 288 g/mol. The Labute approximate surface area is 157 Å². The minimum absolute atomic E-state index is 0. The minimum atomic E-state index is -0.994. The van der Waals surface area contributed by atoms with Gasteiger partial charge in [-0.3, -0.25) is 0 Å². The van der Waals surface area contributed by atoms with E-state index in [9.17, 15) is 9.90 Å². The Morgan fingerprint density at radius 2 is 1.32 bits per heavy atom. The van der Waals surface area contributed by atoms with Crippen LogP contribution in [0.25, 0.3) is 0 Å². The van der Waals surface area contributed by atoms with E-state index in [1.165, 1.54) is 12.1 Å². The predicted molar refractivity (Wildman–Crippen MR) is 70.2 cm³/mol. The van der Waals surface area contributed by atoms with Crippen LogP contribution < -0.4 is 56.5 Å². The SMILES string of the molecule is CC(C)(C)c1cc(C(=O)O)cc(C(C)(C)C)c1[O-].[K+]. The Balaban J connectivity index is 0.00000324. The molecule has 0 amide bonds. The van der Waals surface area contributed by atoms with Gasteiger partial charge in [-0.25, -0.2) is 4.79 Å². The molecular weight excluding hydrogens is 267 g/mol. The van der Waals surface area contributed by atoms with Gasteiger partial charge in [0.25, 0.3) is 0 Å². The van der Waals surface area contributed by atoms with Crippen molar-refractivity contribution in [3.63, 3.8) is 0 Å². The third-order valence-electron chi connectivity index (χ3n) is 2.95. The molecule has 0 fully saturated rings. The van der Waals surface area contributed by atoms with Crippen LogP contribution in [0.3, 0.4) is 0 Å². The van der Waals surface area contributed by atoms with Gasteiger partial charge in [0.2, 0.25) is 0 Å². The Bertz CT molecular complexity index is 444. The van der Waals surface area contributed by atoms with Crippen LogP contribution in [-0.4, -0.2) is 11.1 Å². The van der Waals surface area contributed by atoms with Crippen molar-refractivity contribution in [1.82, 2.24) is 0 Å². The van der Waals surface area contributed by atoms with Crippen molar-refractivity contribution in [3.8, 4) is 5.75 Å². The fourth-order valence-electron chi connectivity index (χ4n) is 1.87. The van der Waals surface area contributed by atoms with E-state index in [2.05, 4.69) is 0 Å². The summed E-state index contributed by atoms with van der Waals surface area (Å²) in [5.74, 6) is -1.04. The molecule has 0 aliphatic heterocycles. The molecule has 0 aliphatic rings. The molecule has 0 radical (unpaired) electrons. The van der Waals surface area contributed by atoms with Crippen LogP contribution in [0, 0.1) is 0 Å². The van der Waals surface area contributed by atoms with Gasteiger partial charge in [-0.15, -0.1) is 5.75 Å². The van der Waals surface area contributed by atoms with Crippen LogP contribution in [0.1, 0.15) is 63.0 Å². The summed E-state index contributed by atoms with van der Waals surface area (Å²) < 4.78 is 0. The molecule has 0 saturated heterocycles. The molecule has 1 aromatic rings. The van der Waals surface area contributed by atoms with Gasteiger partial charge in [-0.05, 0) is 34.1 Å². The summed E-state index contributed by atoms with van der Waals surface area (Å²) in [5.41, 5.74) is 0.592.